The van der Waals surface area contributed by atoms with E-state index < -0.39 is 0 Å². The molecule has 0 atom stereocenters. The smallest absolute Gasteiger partial charge is 0.197 e. The molecule has 27 heavy (non-hydrogen) atoms. The molecule has 0 amide bonds. The van der Waals surface area contributed by atoms with Crippen LogP contribution in [0.25, 0.3) is 0 Å². The highest BCUT2D eigenvalue weighted by Gasteiger charge is 2.37. The fourth-order valence-electron chi connectivity index (χ4n) is 3.88. The van der Waals surface area contributed by atoms with Gasteiger partial charge in [0.25, 0.3) is 0 Å². The standard InChI is InChI=1S/C20H28ClN5S/c1-13(23-16-10-19(2,3)26-20(4,5)11-16)12-22-17-25-18(27-17)24-15-8-6-14(21)7-9-15/h6-9,12,16,23,26H,10-11H2,1-5H3,(H,22,24,25)/b13-12-. The van der Waals surface area contributed by atoms with E-state index in [1.807, 2.05) is 30.5 Å². The molecule has 3 N–H and O–H groups in total. The zero-order valence-corrected chi connectivity index (χ0v) is 18.1. The molecule has 2 aliphatic heterocycles. The molecule has 3 rings (SSSR count). The summed E-state index contributed by atoms with van der Waals surface area (Å²) in [5.74, 6) is 0. The monoisotopic (exact) mass is 405 g/mol. The van der Waals surface area contributed by atoms with E-state index in [2.05, 4.69) is 60.6 Å². The Hall–Kier alpha value is -1.50. The van der Waals surface area contributed by atoms with Crippen molar-refractivity contribution in [3.63, 3.8) is 0 Å². The second-order valence-corrected chi connectivity index (χ2v) is 9.91. The number of amidine groups is 2. The van der Waals surface area contributed by atoms with Crippen LogP contribution in [-0.4, -0.2) is 27.5 Å². The first-order chi connectivity index (χ1) is 12.6. The van der Waals surface area contributed by atoms with Crippen LogP contribution in [0.4, 0.5) is 5.69 Å². The fourth-order valence-corrected chi connectivity index (χ4v) is 4.59. The molecule has 2 aliphatic rings. The molecule has 0 unspecified atom stereocenters. The van der Waals surface area contributed by atoms with Gasteiger partial charge in [-0.15, -0.1) is 0 Å². The van der Waals surface area contributed by atoms with Gasteiger partial charge < -0.3 is 16.0 Å². The van der Waals surface area contributed by atoms with Crippen LogP contribution in [0.2, 0.25) is 5.02 Å². The Morgan fingerprint density at radius 3 is 2.41 bits per heavy atom. The summed E-state index contributed by atoms with van der Waals surface area (Å²) in [6, 6.07) is 7.99. The van der Waals surface area contributed by atoms with Crippen LogP contribution in [0.15, 0.2) is 46.1 Å². The van der Waals surface area contributed by atoms with Gasteiger partial charge in [-0.3, -0.25) is 0 Å². The van der Waals surface area contributed by atoms with Crippen molar-refractivity contribution in [2.75, 3.05) is 5.32 Å². The predicted octanol–water partition coefficient (Wildman–Crippen LogP) is 4.97. The first-order valence-corrected chi connectivity index (χ1v) is 10.4. The van der Waals surface area contributed by atoms with Gasteiger partial charge in [-0.2, -0.15) is 4.99 Å². The molecule has 7 heteroatoms. The highest BCUT2D eigenvalue weighted by Crippen LogP contribution is 2.29. The van der Waals surface area contributed by atoms with Crippen LogP contribution in [0, 0.1) is 0 Å². The van der Waals surface area contributed by atoms with Crippen LogP contribution in [0.5, 0.6) is 0 Å². The van der Waals surface area contributed by atoms with E-state index in [0.717, 1.165) is 39.6 Å². The highest BCUT2D eigenvalue weighted by atomic mass is 35.5. The molecule has 0 bridgehead atoms. The number of nitrogens with zero attached hydrogens (tertiary/aromatic N) is 2. The Morgan fingerprint density at radius 2 is 1.81 bits per heavy atom. The van der Waals surface area contributed by atoms with Crippen molar-refractivity contribution in [3.05, 3.63) is 41.2 Å². The van der Waals surface area contributed by atoms with Crippen molar-refractivity contribution in [3.8, 4) is 0 Å². The van der Waals surface area contributed by atoms with E-state index in [1.54, 1.807) is 0 Å². The van der Waals surface area contributed by atoms with Gasteiger partial charge in [0.15, 0.2) is 10.3 Å². The Balaban J connectivity index is 1.53. The molecule has 2 heterocycles. The van der Waals surface area contributed by atoms with Crippen LogP contribution in [0.1, 0.15) is 47.5 Å². The number of halogens is 1. The molecule has 1 aromatic rings. The summed E-state index contributed by atoms with van der Waals surface area (Å²) in [4.78, 5) is 8.87. The molecule has 0 spiro atoms. The largest absolute Gasteiger partial charge is 0.384 e. The molecule has 1 saturated heterocycles. The van der Waals surface area contributed by atoms with Gasteiger partial charge in [0.05, 0.1) is 0 Å². The fraction of sp³-hybridized carbons (Fsp3) is 0.500. The van der Waals surface area contributed by atoms with E-state index >= 15 is 0 Å². The number of thioether (sulfide) groups is 1. The summed E-state index contributed by atoms with van der Waals surface area (Å²) in [6.07, 6.45) is 4.04. The van der Waals surface area contributed by atoms with Crippen LogP contribution in [-0.2, 0) is 0 Å². The van der Waals surface area contributed by atoms with E-state index in [1.165, 1.54) is 11.8 Å². The second-order valence-electron chi connectivity index (χ2n) is 8.52. The molecular weight excluding hydrogens is 378 g/mol. The van der Waals surface area contributed by atoms with Crippen molar-refractivity contribution < 1.29 is 0 Å². The second kappa shape index (κ2) is 7.86. The molecule has 0 aliphatic carbocycles. The lowest BCUT2D eigenvalue weighted by Gasteiger charge is -2.47. The Morgan fingerprint density at radius 1 is 1.22 bits per heavy atom. The Bertz CT molecular complexity index is 764. The number of nitrogens with one attached hydrogen (secondary N) is 3. The normalized spacial score (nSPS) is 23.6. The third-order valence-electron chi connectivity index (χ3n) is 4.47. The predicted molar refractivity (Wildman–Crippen MR) is 119 cm³/mol. The summed E-state index contributed by atoms with van der Waals surface area (Å²) in [6.45, 7) is 11.1. The van der Waals surface area contributed by atoms with Gasteiger partial charge in [-0.25, -0.2) is 4.99 Å². The maximum absolute atomic E-state index is 5.89. The molecule has 0 saturated carbocycles. The van der Waals surface area contributed by atoms with Crippen molar-refractivity contribution >= 4 is 39.4 Å². The number of piperidine rings is 1. The van der Waals surface area contributed by atoms with E-state index in [9.17, 15) is 0 Å². The summed E-state index contributed by atoms with van der Waals surface area (Å²) in [5.41, 5.74) is 2.29. The molecule has 5 nitrogen and oxygen atoms in total. The lowest BCUT2D eigenvalue weighted by molar-refractivity contribution is 0.151. The van der Waals surface area contributed by atoms with E-state index in [0.29, 0.717) is 6.04 Å². The average molecular weight is 406 g/mol. The van der Waals surface area contributed by atoms with Gasteiger partial charge in [0.2, 0.25) is 0 Å². The van der Waals surface area contributed by atoms with E-state index in [-0.39, 0.29) is 11.1 Å². The summed E-state index contributed by atoms with van der Waals surface area (Å²) in [5, 5.41) is 12.9. The van der Waals surface area contributed by atoms with Crippen molar-refractivity contribution in [2.45, 2.75) is 64.6 Å². The van der Waals surface area contributed by atoms with Crippen molar-refractivity contribution in [1.29, 1.82) is 0 Å². The summed E-state index contributed by atoms with van der Waals surface area (Å²) < 4.78 is 0. The number of hydrogen-bond acceptors (Lipinski definition) is 5. The Kier molecular flexibility index (Phi) is 5.89. The minimum Gasteiger partial charge on any atom is -0.384 e. The third-order valence-corrected chi connectivity index (χ3v) is 5.49. The maximum Gasteiger partial charge on any atom is 0.197 e. The number of allylic oxidation sites excluding steroid dienone is 1. The van der Waals surface area contributed by atoms with Gasteiger partial charge in [-0.1, -0.05) is 11.6 Å². The average Bonchev–Trinajstić information content (AvgIpc) is 2.48. The zero-order chi connectivity index (χ0) is 19.7. The lowest BCUT2D eigenvalue weighted by atomic mass is 9.79. The van der Waals surface area contributed by atoms with Gasteiger partial charge in [0.1, 0.15) is 0 Å². The van der Waals surface area contributed by atoms with E-state index in [4.69, 9.17) is 11.6 Å². The number of rotatable bonds is 4. The first kappa shape index (κ1) is 20.2. The van der Waals surface area contributed by atoms with Crippen LogP contribution in [0.3, 0.4) is 0 Å². The number of aliphatic imine (C=N–C) groups is 2. The highest BCUT2D eigenvalue weighted by molar-refractivity contribution is 8.29. The van der Waals surface area contributed by atoms with Gasteiger partial charge >= 0.3 is 0 Å². The Labute approximate surface area is 171 Å². The van der Waals surface area contributed by atoms with Gasteiger partial charge in [-0.05, 0) is 83.5 Å². The molecule has 1 fully saturated rings. The number of hydrogen-bond donors (Lipinski definition) is 3. The minimum absolute atomic E-state index is 0.127. The zero-order valence-electron chi connectivity index (χ0n) is 16.6. The first-order valence-electron chi connectivity index (χ1n) is 9.20. The third kappa shape index (κ3) is 5.99. The van der Waals surface area contributed by atoms with Crippen molar-refractivity contribution in [2.24, 2.45) is 9.98 Å². The minimum atomic E-state index is 0.127. The topological polar surface area (TPSA) is 60.8 Å². The number of benzene rings is 1. The number of anilines is 1. The van der Waals surface area contributed by atoms with Crippen LogP contribution >= 0.6 is 23.4 Å². The summed E-state index contributed by atoms with van der Waals surface area (Å²) >= 11 is 7.43. The summed E-state index contributed by atoms with van der Waals surface area (Å²) in [7, 11) is 0. The molecule has 1 aromatic carbocycles. The maximum atomic E-state index is 5.89. The van der Waals surface area contributed by atoms with Crippen LogP contribution < -0.4 is 16.0 Å². The SMILES string of the molecule is C/C(=C/N=C1N=C(Nc2ccc(Cl)cc2)S1)NC1CC(C)(C)NC(C)(C)C1. The van der Waals surface area contributed by atoms with Gasteiger partial charge in [0, 0.05) is 39.7 Å². The lowest BCUT2D eigenvalue weighted by Crippen LogP contribution is -2.61. The molecule has 146 valence electrons. The van der Waals surface area contributed by atoms with Crippen molar-refractivity contribution in [1.82, 2.24) is 10.6 Å². The molecule has 0 aromatic heterocycles. The molecule has 0 radical (unpaired) electrons. The molecular formula is C20H28ClN5S. The quantitative estimate of drug-likeness (QED) is 0.661.